The van der Waals surface area contributed by atoms with E-state index < -0.39 is 0 Å². The van der Waals surface area contributed by atoms with E-state index in [-0.39, 0.29) is 17.0 Å². The molecule has 0 atom stereocenters. The summed E-state index contributed by atoms with van der Waals surface area (Å²) in [6, 6.07) is 24.0. The highest BCUT2D eigenvalue weighted by molar-refractivity contribution is 7.06. The molecule has 0 amide bonds. The van der Waals surface area contributed by atoms with E-state index in [4.69, 9.17) is 14.5 Å². The first kappa shape index (κ1) is 21.8. The van der Waals surface area contributed by atoms with Gasteiger partial charge in [-0.3, -0.25) is 0 Å². The molecule has 4 rings (SSSR count). The second-order valence-electron chi connectivity index (χ2n) is 6.49. The lowest BCUT2D eigenvalue weighted by Gasteiger charge is -2.06. The quantitative estimate of drug-likeness (QED) is 0.427. The standard InChI is InChI=1S/C23H21N3O2S.BrH/c1-16-12-14-17(15-13-16)24-23-25-22(18-8-4-6-10-20(18)27-2)26(29-23)19-9-5-7-11-21(19)28-3;/h4-15H,1-3H3;1H. The fourth-order valence-electron chi connectivity index (χ4n) is 3.06. The molecular weight excluding hydrogens is 462 g/mol. The zero-order valence-electron chi connectivity index (χ0n) is 16.9. The molecule has 0 bridgehead atoms. The van der Waals surface area contributed by atoms with E-state index in [0.29, 0.717) is 0 Å². The van der Waals surface area contributed by atoms with E-state index in [1.807, 2.05) is 60.7 Å². The molecule has 0 fully saturated rings. The van der Waals surface area contributed by atoms with E-state index in [0.717, 1.165) is 39.4 Å². The van der Waals surface area contributed by atoms with Gasteiger partial charge >= 0.3 is 11.0 Å². The summed E-state index contributed by atoms with van der Waals surface area (Å²) < 4.78 is 13.2. The third-order valence-corrected chi connectivity index (χ3v) is 5.45. The Hall–Kier alpha value is -2.90. The van der Waals surface area contributed by atoms with Crippen molar-refractivity contribution in [1.82, 2.24) is 4.98 Å². The summed E-state index contributed by atoms with van der Waals surface area (Å²) >= 11 is 1.51. The molecule has 0 saturated carbocycles. The van der Waals surface area contributed by atoms with Crippen LogP contribution in [0.25, 0.3) is 17.1 Å². The van der Waals surface area contributed by atoms with Crippen molar-refractivity contribution < 1.29 is 30.4 Å². The van der Waals surface area contributed by atoms with Gasteiger partial charge in [0.2, 0.25) is 0 Å². The number of ether oxygens (including phenoxy) is 2. The number of hydrogen-bond acceptors (Lipinski definition) is 5. The second kappa shape index (κ2) is 9.73. The van der Waals surface area contributed by atoms with E-state index >= 15 is 0 Å². The van der Waals surface area contributed by atoms with Gasteiger partial charge < -0.3 is 31.8 Å². The number of benzene rings is 3. The van der Waals surface area contributed by atoms with Gasteiger partial charge in [-0.2, -0.15) is 0 Å². The van der Waals surface area contributed by atoms with Crippen LogP contribution in [-0.4, -0.2) is 19.2 Å². The van der Waals surface area contributed by atoms with Gasteiger partial charge in [-0.05, 0) is 48.3 Å². The molecule has 4 aromatic rings. The van der Waals surface area contributed by atoms with Gasteiger partial charge in [0, 0.05) is 5.69 Å². The molecule has 1 heterocycles. The van der Waals surface area contributed by atoms with Crippen LogP contribution < -0.4 is 35.7 Å². The van der Waals surface area contributed by atoms with Crippen LogP contribution in [0.1, 0.15) is 5.56 Å². The third kappa shape index (κ3) is 4.47. The van der Waals surface area contributed by atoms with E-state index in [1.54, 1.807) is 14.2 Å². The predicted molar refractivity (Wildman–Crippen MR) is 117 cm³/mol. The molecule has 0 radical (unpaired) electrons. The molecule has 0 spiro atoms. The number of hydrogen-bond donors (Lipinski definition) is 1. The number of aryl methyl sites for hydroxylation is 1. The molecule has 0 unspecified atom stereocenters. The number of aromatic nitrogens is 2. The number of nitrogens with zero attached hydrogens (tertiary/aromatic N) is 2. The topological polar surface area (TPSA) is 47.3 Å². The van der Waals surface area contributed by atoms with Gasteiger partial charge in [0.15, 0.2) is 11.4 Å². The Balaban J connectivity index is 0.00000256. The summed E-state index contributed by atoms with van der Waals surface area (Å²) in [5.41, 5.74) is 4.04. The van der Waals surface area contributed by atoms with Crippen molar-refractivity contribution in [3.8, 4) is 28.6 Å². The summed E-state index contributed by atoms with van der Waals surface area (Å²) in [7, 11) is 3.35. The number of rotatable bonds is 6. The lowest BCUT2D eigenvalue weighted by Crippen LogP contribution is -3.00. The van der Waals surface area contributed by atoms with Crippen molar-refractivity contribution in [2.75, 3.05) is 19.5 Å². The lowest BCUT2D eigenvalue weighted by atomic mass is 10.2. The summed E-state index contributed by atoms with van der Waals surface area (Å²) in [5.74, 6) is 2.33. The normalized spacial score (nSPS) is 10.2. The third-order valence-electron chi connectivity index (χ3n) is 4.53. The van der Waals surface area contributed by atoms with Gasteiger partial charge in [0.25, 0.3) is 0 Å². The molecule has 1 N–H and O–H groups in total. The predicted octanol–water partition coefficient (Wildman–Crippen LogP) is 2.16. The van der Waals surface area contributed by atoms with Crippen molar-refractivity contribution in [3.63, 3.8) is 0 Å². The van der Waals surface area contributed by atoms with Gasteiger partial charge in [0.05, 0.1) is 14.2 Å². The minimum Gasteiger partial charge on any atom is -1.00 e. The number of halogens is 1. The maximum Gasteiger partial charge on any atom is 0.354 e. The van der Waals surface area contributed by atoms with Crippen molar-refractivity contribution in [2.45, 2.75) is 6.92 Å². The summed E-state index contributed by atoms with van der Waals surface area (Å²) in [5, 5.41) is 4.19. The van der Waals surface area contributed by atoms with Crippen LogP contribution >= 0.6 is 11.5 Å². The first-order valence-electron chi connectivity index (χ1n) is 9.23. The van der Waals surface area contributed by atoms with E-state index in [1.165, 1.54) is 17.1 Å². The molecule has 0 aliphatic rings. The largest absolute Gasteiger partial charge is 1.00 e. The molecule has 30 heavy (non-hydrogen) atoms. The van der Waals surface area contributed by atoms with Crippen LogP contribution in [0, 0.1) is 6.92 Å². The monoisotopic (exact) mass is 483 g/mol. The highest BCUT2D eigenvalue weighted by Crippen LogP contribution is 2.32. The smallest absolute Gasteiger partial charge is 0.354 e. The Morgan fingerprint density at radius 2 is 1.47 bits per heavy atom. The molecule has 1 aromatic heterocycles. The first-order valence-corrected chi connectivity index (χ1v) is 10.0. The summed E-state index contributed by atoms with van der Waals surface area (Å²) in [6.07, 6.45) is 0. The van der Waals surface area contributed by atoms with Crippen LogP contribution in [0.2, 0.25) is 0 Å². The van der Waals surface area contributed by atoms with Gasteiger partial charge in [-0.15, -0.1) is 3.96 Å². The van der Waals surface area contributed by atoms with Crippen molar-refractivity contribution >= 4 is 22.4 Å². The molecular formula is C23H22BrN3O2S. The molecule has 3 aromatic carbocycles. The minimum atomic E-state index is 0. The van der Waals surface area contributed by atoms with Crippen LogP contribution in [0.3, 0.4) is 0 Å². The van der Waals surface area contributed by atoms with Gasteiger partial charge in [-0.25, -0.2) is 0 Å². The Bertz CT molecular complexity index is 1060. The molecule has 0 saturated heterocycles. The Morgan fingerprint density at radius 1 is 0.833 bits per heavy atom. The number of para-hydroxylation sites is 3. The number of methoxy groups -OCH3 is 2. The Morgan fingerprint density at radius 3 is 2.17 bits per heavy atom. The SMILES string of the molecule is COc1ccccc1-c1nc(Nc2ccc(C)cc2)s[n+]1-c1ccccc1OC.[Br-]. The molecule has 0 aliphatic heterocycles. The summed E-state index contributed by atoms with van der Waals surface area (Å²) in [6.45, 7) is 2.07. The average molecular weight is 484 g/mol. The fourth-order valence-corrected chi connectivity index (χ4v) is 4.00. The molecule has 0 aliphatic carbocycles. The van der Waals surface area contributed by atoms with Crippen LogP contribution in [0.15, 0.2) is 72.8 Å². The zero-order valence-corrected chi connectivity index (χ0v) is 19.3. The lowest BCUT2D eigenvalue weighted by molar-refractivity contribution is -0.510. The Labute approximate surface area is 190 Å². The van der Waals surface area contributed by atoms with Crippen molar-refractivity contribution in [2.24, 2.45) is 0 Å². The fraction of sp³-hybridized carbons (Fsp3) is 0.130. The molecule has 7 heteroatoms. The molecule has 154 valence electrons. The minimum absolute atomic E-state index is 0. The first-order chi connectivity index (χ1) is 14.2. The zero-order chi connectivity index (χ0) is 20.2. The highest BCUT2D eigenvalue weighted by Gasteiger charge is 2.28. The van der Waals surface area contributed by atoms with Gasteiger partial charge in [-0.1, -0.05) is 42.0 Å². The maximum atomic E-state index is 5.59. The van der Waals surface area contributed by atoms with Crippen molar-refractivity contribution in [3.05, 3.63) is 78.4 Å². The van der Waals surface area contributed by atoms with E-state index in [9.17, 15) is 0 Å². The number of anilines is 2. The highest BCUT2D eigenvalue weighted by atomic mass is 79.9. The summed E-state index contributed by atoms with van der Waals surface area (Å²) in [4.78, 5) is 4.89. The maximum absolute atomic E-state index is 5.59. The average Bonchev–Trinajstić information content (AvgIpc) is 3.18. The van der Waals surface area contributed by atoms with Crippen molar-refractivity contribution in [1.29, 1.82) is 0 Å². The van der Waals surface area contributed by atoms with Gasteiger partial charge in [0.1, 0.15) is 22.8 Å². The number of nitrogens with one attached hydrogen (secondary N) is 1. The van der Waals surface area contributed by atoms with Crippen LogP contribution in [-0.2, 0) is 0 Å². The Kier molecular flexibility index (Phi) is 7.07. The van der Waals surface area contributed by atoms with Crippen LogP contribution in [0.4, 0.5) is 10.8 Å². The molecule has 5 nitrogen and oxygen atoms in total. The van der Waals surface area contributed by atoms with Crippen LogP contribution in [0.5, 0.6) is 11.5 Å². The second-order valence-corrected chi connectivity index (χ2v) is 7.42. The van der Waals surface area contributed by atoms with E-state index in [2.05, 4.69) is 28.3 Å².